The number of nitrogens with zero attached hydrogens (tertiary/aromatic N) is 1. The van der Waals surface area contributed by atoms with Gasteiger partial charge >= 0.3 is 0 Å². The monoisotopic (exact) mass is 377 g/mol. The summed E-state index contributed by atoms with van der Waals surface area (Å²) in [5, 5.41) is 12.1. The highest BCUT2D eigenvalue weighted by molar-refractivity contribution is 7.88. The first-order valence-corrected chi connectivity index (χ1v) is 9.56. The van der Waals surface area contributed by atoms with E-state index in [0.717, 1.165) is 6.26 Å². The number of nitrogens with one attached hydrogen (secondary N) is 2. The van der Waals surface area contributed by atoms with Gasteiger partial charge in [-0.25, -0.2) is 13.1 Å². The van der Waals surface area contributed by atoms with Crippen LogP contribution in [0.4, 0.5) is 5.69 Å². The fourth-order valence-corrected chi connectivity index (χ4v) is 3.11. The van der Waals surface area contributed by atoms with Crippen LogP contribution in [0.25, 0.3) is 0 Å². The van der Waals surface area contributed by atoms with Crippen LogP contribution in [0.5, 0.6) is 0 Å². The van der Waals surface area contributed by atoms with E-state index < -0.39 is 16.1 Å². The number of nitriles is 1. The molecular weight excluding hydrogens is 362 g/mol. The predicted octanol–water partition coefficient (Wildman–Crippen LogP) is 2.83. The maximum atomic E-state index is 12.3. The summed E-state index contributed by atoms with van der Waals surface area (Å²) < 4.78 is 25.6. The minimum Gasteiger partial charge on any atom is -0.326 e. The third kappa shape index (κ3) is 6.19. The zero-order valence-electron chi connectivity index (χ0n) is 13.4. The maximum Gasteiger partial charge on any atom is 0.226 e. The van der Waals surface area contributed by atoms with E-state index in [-0.39, 0.29) is 12.3 Å². The van der Waals surface area contributed by atoms with E-state index in [2.05, 4.69) is 10.0 Å². The van der Waals surface area contributed by atoms with Crippen molar-refractivity contribution in [2.24, 2.45) is 0 Å². The largest absolute Gasteiger partial charge is 0.326 e. The summed E-state index contributed by atoms with van der Waals surface area (Å²) in [5.41, 5.74) is 1.51. The Hall–Kier alpha value is -2.40. The predicted molar refractivity (Wildman–Crippen MR) is 96.6 cm³/mol. The van der Waals surface area contributed by atoms with Crippen LogP contribution in [0.15, 0.2) is 48.5 Å². The van der Waals surface area contributed by atoms with E-state index >= 15 is 0 Å². The zero-order valence-corrected chi connectivity index (χ0v) is 14.9. The van der Waals surface area contributed by atoms with Crippen molar-refractivity contribution in [1.29, 1.82) is 5.26 Å². The Labute approximate surface area is 151 Å². The van der Waals surface area contributed by atoms with E-state index in [1.807, 2.05) is 6.07 Å². The molecule has 2 aromatic rings. The lowest BCUT2D eigenvalue weighted by Crippen LogP contribution is -2.30. The molecule has 0 bridgehead atoms. The van der Waals surface area contributed by atoms with Crippen molar-refractivity contribution in [2.75, 3.05) is 11.6 Å². The van der Waals surface area contributed by atoms with E-state index in [1.165, 1.54) is 0 Å². The normalized spacial score (nSPS) is 12.2. The Morgan fingerprint density at radius 3 is 2.52 bits per heavy atom. The molecule has 2 rings (SSSR count). The molecule has 0 aliphatic carbocycles. The van der Waals surface area contributed by atoms with E-state index in [1.54, 1.807) is 48.5 Å². The maximum absolute atomic E-state index is 12.3. The fraction of sp³-hybridized carbons (Fsp3) is 0.176. The van der Waals surface area contributed by atoms with Gasteiger partial charge in [-0.2, -0.15) is 5.26 Å². The molecule has 1 atom stereocenters. The van der Waals surface area contributed by atoms with Crippen LogP contribution in [0, 0.1) is 11.3 Å². The molecule has 0 radical (unpaired) electrons. The molecule has 0 saturated heterocycles. The molecule has 130 valence electrons. The van der Waals surface area contributed by atoms with Crippen molar-refractivity contribution in [2.45, 2.75) is 12.5 Å². The lowest BCUT2D eigenvalue weighted by Gasteiger charge is -2.18. The Kier molecular flexibility index (Phi) is 6.15. The van der Waals surface area contributed by atoms with Gasteiger partial charge in [0.1, 0.15) is 0 Å². The average Bonchev–Trinajstić information content (AvgIpc) is 2.53. The number of hydrogen-bond donors (Lipinski definition) is 2. The number of sulfonamides is 1. The number of rotatable bonds is 6. The first-order valence-electron chi connectivity index (χ1n) is 7.29. The first-order chi connectivity index (χ1) is 11.8. The highest BCUT2D eigenvalue weighted by Crippen LogP contribution is 2.21. The lowest BCUT2D eigenvalue weighted by atomic mass is 10.0. The van der Waals surface area contributed by atoms with Gasteiger partial charge < -0.3 is 5.32 Å². The number of benzene rings is 2. The number of carbonyl (C=O) groups excluding carboxylic acids is 1. The molecule has 0 saturated carbocycles. The van der Waals surface area contributed by atoms with E-state index in [4.69, 9.17) is 16.9 Å². The van der Waals surface area contributed by atoms with Crippen LogP contribution in [-0.4, -0.2) is 20.6 Å². The second-order valence-corrected chi connectivity index (χ2v) is 7.66. The van der Waals surface area contributed by atoms with Crippen LogP contribution in [0.1, 0.15) is 23.6 Å². The van der Waals surface area contributed by atoms with Crippen molar-refractivity contribution >= 4 is 33.2 Å². The number of hydrogen-bond acceptors (Lipinski definition) is 4. The summed E-state index contributed by atoms with van der Waals surface area (Å²) >= 11 is 5.85. The summed E-state index contributed by atoms with van der Waals surface area (Å²) in [6.07, 6.45) is 0.926. The van der Waals surface area contributed by atoms with Gasteiger partial charge in [0.15, 0.2) is 0 Å². The Morgan fingerprint density at radius 2 is 1.92 bits per heavy atom. The Morgan fingerprint density at radius 1 is 1.24 bits per heavy atom. The molecule has 0 fully saturated rings. The van der Waals surface area contributed by atoms with Crippen molar-refractivity contribution < 1.29 is 13.2 Å². The molecule has 0 aromatic heterocycles. The number of carbonyl (C=O) groups is 1. The molecular formula is C17H16ClN3O3S. The summed E-state index contributed by atoms with van der Waals surface area (Å²) in [4.78, 5) is 12.3. The molecule has 0 heterocycles. The molecule has 25 heavy (non-hydrogen) atoms. The van der Waals surface area contributed by atoms with Crippen molar-refractivity contribution in [3.8, 4) is 6.07 Å². The molecule has 6 nitrogen and oxygen atoms in total. The van der Waals surface area contributed by atoms with Gasteiger partial charge in [0.05, 0.1) is 23.9 Å². The van der Waals surface area contributed by atoms with Gasteiger partial charge in [0.25, 0.3) is 0 Å². The van der Waals surface area contributed by atoms with Crippen molar-refractivity contribution in [3.63, 3.8) is 0 Å². The van der Waals surface area contributed by atoms with Crippen LogP contribution in [-0.2, 0) is 14.8 Å². The van der Waals surface area contributed by atoms with Gasteiger partial charge in [-0.1, -0.05) is 29.8 Å². The van der Waals surface area contributed by atoms with Gasteiger partial charge in [0, 0.05) is 17.1 Å². The SMILES string of the molecule is CS(=O)(=O)N[C@@H](CC(=O)Nc1cccc(C#N)c1)c1ccc(Cl)cc1. The number of halogens is 1. The zero-order chi connectivity index (χ0) is 18.4. The van der Waals surface area contributed by atoms with Gasteiger partial charge in [-0.3, -0.25) is 4.79 Å². The summed E-state index contributed by atoms with van der Waals surface area (Å²) in [5.74, 6) is -0.383. The third-order valence-electron chi connectivity index (χ3n) is 3.29. The second-order valence-electron chi connectivity index (χ2n) is 5.44. The first kappa shape index (κ1) is 18.9. The van der Waals surface area contributed by atoms with Crippen LogP contribution in [0.2, 0.25) is 5.02 Å². The third-order valence-corrected chi connectivity index (χ3v) is 4.26. The minimum absolute atomic E-state index is 0.106. The topological polar surface area (TPSA) is 99.1 Å². The second kappa shape index (κ2) is 8.12. The number of anilines is 1. The van der Waals surface area contributed by atoms with Crippen molar-refractivity contribution in [1.82, 2.24) is 4.72 Å². The molecule has 2 aromatic carbocycles. The van der Waals surface area contributed by atoms with E-state index in [9.17, 15) is 13.2 Å². The molecule has 0 aliphatic rings. The Balaban J connectivity index is 2.16. The summed E-state index contributed by atoms with van der Waals surface area (Å²) in [7, 11) is -3.52. The highest BCUT2D eigenvalue weighted by Gasteiger charge is 2.20. The average molecular weight is 378 g/mol. The molecule has 0 unspecified atom stereocenters. The van der Waals surface area contributed by atoms with Crippen LogP contribution < -0.4 is 10.0 Å². The van der Waals surface area contributed by atoms with E-state index in [0.29, 0.717) is 21.8 Å². The van der Waals surface area contributed by atoms with Gasteiger partial charge in [-0.15, -0.1) is 0 Å². The number of amides is 1. The summed E-state index contributed by atoms with van der Waals surface area (Å²) in [6, 6.07) is 14.3. The Bertz CT molecular complexity index is 905. The lowest BCUT2D eigenvalue weighted by molar-refractivity contribution is -0.116. The smallest absolute Gasteiger partial charge is 0.226 e. The fourth-order valence-electron chi connectivity index (χ4n) is 2.24. The molecule has 0 spiro atoms. The van der Waals surface area contributed by atoms with Gasteiger partial charge in [-0.05, 0) is 35.9 Å². The standard InChI is InChI=1S/C17H16ClN3O3S/c1-25(23,24)21-16(13-5-7-14(18)8-6-13)10-17(22)20-15-4-2-3-12(9-15)11-19/h2-9,16,21H,10H2,1H3,(H,20,22)/t16-/m0/s1. The molecule has 2 N–H and O–H groups in total. The molecule has 0 aliphatic heterocycles. The van der Waals surface area contributed by atoms with Crippen LogP contribution >= 0.6 is 11.6 Å². The molecule has 1 amide bonds. The summed E-state index contributed by atoms with van der Waals surface area (Å²) in [6.45, 7) is 0. The quantitative estimate of drug-likeness (QED) is 0.808. The highest BCUT2D eigenvalue weighted by atomic mass is 35.5. The van der Waals surface area contributed by atoms with Gasteiger partial charge in [0.2, 0.25) is 15.9 Å². The minimum atomic E-state index is -3.52. The van der Waals surface area contributed by atoms with Crippen LogP contribution in [0.3, 0.4) is 0 Å². The van der Waals surface area contributed by atoms with Crippen molar-refractivity contribution in [3.05, 3.63) is 64.7 Å². The molecule has 8 heteroatoms.